The topological polar surface area (TPSA) is 118 Å². The summed E-state index contributed by atoms with van der Waals surface area (Å²) < 4.78 is 7.41. The summed E-state index contributed by atoms with van der Waals surface area (Å²) in [5, 5.41) is 16.1. The Bertz CT molecular complexity index is 1110. The van der Waals surface area contributed by atoms with E-state index in [9.17, 15) is 14.7 Å². The minimum Gasteiger partial charge on any atom is -0.460 e. The standard InChI is InChI=1S/C27H31N5O4/c33-23-16-28-18-30-25-24(23)31-19-32(25)14-8-7-13-22(26(34)29-15-20-9-3-1-4-10-20)27(35)36-17-21-11-5-2-6-12-21/h1-6,9-12,18-19,22-23,33H,7-8,13-17H2,(H,28,30)(H,29,34). The lowest BCUT2D eigenvalue weighted by Crippen LogP contribution is -2.36. The number of amides is 1. The van der Waals surface area contributed by atoms with E-state index in [1.165, 1.54) is 0 Å². The Hall–Kier alpha value is -3.98. The molecule has 4 rings (SSSR count). The molecule has 1 aliphatic rings. The van der Waals surface area contributed by atoms with E-state index >= 15 is 0 Å². The maximum Gasteiger partial charge on any atom is 0.318 e. The average Bonchev–Trinajstić information content (AvgIpc) is 3.22. The van der Waals surface area contributed by atoms with E-state index < -0.39 is 18.0 Å². The quantitative estimate of drug-likeness (QED) is 0.216. The molecule has 0 bridgehead atoms. The van der Waals surface area contributed by atoms with Crippen LogP contribution in [0.4, 0.5) is 5.82 Å². The molecule has 188 valence electrons. The number of benzene rings is 2. The molecule has 0 aliphatic carbocycles. The van der Waals surface area contributed by atoms with Gasteiger partial charge in [0.2, 0.25) is 5.91 Å². The molecule has 3 aromatic rings. The number of carbonyl (C=O) groups excluding carboxylic acids is 2. The van der Waals surface area contributed by atoms with Crippen molar-refractivity contribution >= 4 is 24.0 Å². The number of anilines is 1. The van der Waals surface area contributed by atoms with E-state index in [1.54, 1.807) is 12.7 Å². The molecule has 2 atom stereocenters. The third-order valence-corrected chi connectivity index (χ3v) is 6.03. The van der Waals surface area contributed by atoms with Crippen LogP contribution in [-0.4, -0.2) is 39.4 Å². The molecule has 0 spiro atoms. The molecule has 2 unspecified atom stereocenters. The summed E-state index contributed by atoms with van der Waals surface area (Å²) in [5.41, 5.74) is 2.39. The fourth-order valence-corrected chi connectivity index (χ4v) is 4.04. The summed E-state index contributed by atoms with van der Waals surface area (Å²) in [4.78, 5) is 34.3. The number of esters is 1. The van der Waals surface area contributed by atoms with Gasteiger partial charge in [-0.25, -0.2) is 4.98 Å². The van der Waals surface area contributed by atoms with E-state index in [1.807, 2.05) is 65.2 Å². The van der Waals surface area contributed by atoms with Crippen LogP contribution in [0.2, 0.25) is 0 Å². The molecule has 0 radical (unpaired) electrons. The number of nitrogens with one attached hydrogen (secondary N) is 2. The number of hydrogen-bond donors (Lipinski definition) is 3. The predicted octanol–water partition coefficient (Wildman–Crippen LogP) is 3.22. The van der Waals surface area contributed by atoms with Crippen LogP contribution in [0, 0.1) is 5.92 Å². The summed E-state index contributed by atoms with van der Waals surface area (Å²) >= 11 is 0. The third kappa shape index (κ3) is 6.79. The number of ether oxygens (including phenoxy) is 1. The van der Waals surface area contributed by atoms with Gasteiger partial charge in [0.15, 0.2) is 0 Å². The van der Waals surface area contributed by atoms with Gasteiger partial charge in [-0.1, -0.05) is 67.1 Å². The lowest BCUT2D eigenvalue weighted by atomic mass is 10.0. The van der Waals surface area contributed by atoms with Gasteiger partial charge in [-0.2, -0.15) is 0 Å². The van der Waals surface area contributed by atoms with Crippen LogP contribution in [0.15, 0.2) is 72.0 Å². The van der Waals surface area contributed by atoms with Crippen LogP contribution >= 0.6 is 0 Å². The van der Waals surface area contributed by atoms with Crippen molar-refractivity contribution < 1.29 is 19.4 Å². The second-order valence-electron chi connectivity index (χ2n) is 8.67. The zero-order chi connectivity index (χ0) is 25.2. The molecule has 0 saturated heterocycles. The van der Waals surface area contributed by atoms with Gasteiger partial charge in [-0.05, 0) is 24.0 Å². The maximum absolute atomic E-state index is 13.0. The van der Waals surface area contributed by atoms with E-state index in [-0.39, 0.29) is 19.1 Å². The Morgan fingerprint density at radius 1 is 1.08 bits per heavy atom. The Kier molecular flexibility index (Phi) is 8.82. The van der Waals surface area contributed by atoms with Crippen LogP contribution in [-0.2, 0) is 34.0 Å². The first-order valence-electron chi connectivity index (χ1n) is 12.1. The summed E-state index contributed by atoms with van der Waals surface area (Å²) in [7, 11) is 0. The first kappa shape index (κ1) is 25.1. The van der Waals surface area contributed by atoms with Crippen LogP contribution in [0.5, 0.6) is 0 Å². The fraction of sp³-hybridized carbons (Fsp3) is 0.333. The molecule has 2 aromatic carbocycles. The highest BCUT2D eigenvalue weighted by molar-refractivity contribution is 5.97. The lowest BCUT2D eigenvalue weighted by molar-refractivity contribution is -0.154. The van der Waals surface area contributed by atoms with E-state index in [2.05, 4.69) is 20.6 Å². The summed E-state index contributed by atoms with van der Waals surface area (Å²) in [6, 6.07) is 19.0. The van der Waals surface area contributed by atoms with Gasteiger partial charge in [0, 0.05) is 13.1 Å². The molecule has 9 nitrogen and oxygen atoms in total. The number of hydrogen-bond acceptors (Lipinski definition) is 7. The maximum atomic E-state index is 13.0. The average molecular weight is 490 g/mol. The van der Waals surface area contributed by atoms with Crippen molar-refractivity contribution in [1.29, 1.82) is 0 Å². The number of aliphatic hydroxyl groups is 1. The predicted molar refractivity (Wildman–Crippen MR) is 136 cm³/mol. The van der Waals surface area contributed by atoms with E-state index in [0.29, 0.717) is 43.9 Å². The molecule has 0 saturated carbocycles. The number of aromatic nitrogens is 2. The van der Waals surface area contributed by atoms with Gasteiger partial charge < -0.3 is 25.0 Å². The molecule has 2 heterocycles. The van der Waals surface area contributed by atoms with Gasteiger partial charge >= 0.3 is 5.97 Å². The second-order valence-corrected chi connectivity index (χ2v) is 8.67. The molecule has 36 heavy (non-hydrogen) atoms. The van der Waals surface area contributed by atoms with Crippen molar-refractivity contribution in [2.24, 2.45) is 10.9 Å². The zero-order valence-electron chi connectivity index (χ0n) is 20.0. The number of imidazole rings is 1. The summed E-state index contributed by atoms with van der Waals surface area (Å²) in [5.74, 6) is -1.05. The van der Waals surface area contributed by atoms with Gasteiger partial charge in [-0.3, -0.25) is 14.6 Å². The van der Waals surface area contributed by atoms with Crippen LogP contribution in [0.3, 0.4) is 0 Å². The lowest BCUT2D eigenvalue weighted by Gasteiger charge is -2.17. The van der Waals surface area contributed by atoms with Crippen LogP contribution in [0.25, 0.3) is 0 Å². The smallest absolute Gasteiger partial charge is 0.318 e. The molecule has 0 fully saturated rings. The van der Waals surface area contributed by atoms with Crippen molar-refractivity contribution in [3.05, 3.63) is 83.8 Å². The van der Waals surface area contributed by atoms with E-state index in [0.717, 1.165) is 11.1 Å². The number of nitrogens with zero attached hydrogens (tertiary/aromatic N) is 3. The number of rotatable bonds is 11. The molecule has 3 N–H and O–H groups in total. The minimum atomic E-state index is -0.899. The monoisotopic (exact) mass is 489 g/mol. The minimum absolute atomic E-state index is 0.124. The largest absolute Gasteiger partial charge is 0.460 e. The molecule has 1 amide bonds. The first-order valence-corrected chi connectivity index (χ1v) is 12.1. The number of aliphatic imine (C=N–C) groups is 1. The van der Waals surface area contributed by atoms with E-state index in [4.69, 9.17) is 4.74 Å². The first-order chi connectivity index (χ1) is 17.6. The Labute approximate surface area is 210 Å². The van der Waals surface area contributed by atoms with Crippen molar-refractivity contribution in [3.63, 3.8) is 0 Å². The third-order valence-electron chi connectivity index (χ3n) is 6.03. The molecular formula is C27H31N5O4. The summed E-state index contributed by atoms with van der Waals surface area (Å²) in [6.07, 6.45) is 4.20. The van der Waals surface area contributed by atoms with Gasteiger partial charge in [0.25, 0.3) is 0 Å². The van der Waals surface area contributed by atoms with Crippen molar-refractivity contribution in [2.75, 3.05) is 11.9 Å². The van der Waals surface area contributed by atoms with Crippen molar-refractivity contribution in [1.82, 2.24) is 14.9 Å². The van der Waals surface area contributed by atoms with Crippen LogP contribution < -0.4 is 10.6 Å². The highest BCUT2D eigenvalue weighted by Gasteiger charge is 2.28. The summed E-state index contributed by atoms with van der Waals surface area (Å²) in [6.45, 7) is 1.35. The van der Waals surface area contributed by atoms with Crippen LogP contribution in [0.1, 0.15) is 42.2 Å². The molecule has 9 heteroatoms. The molecule has 1 aromatic heterocycles. The van der Waals surface area contributed by atoms with Gasteiger partial charge in [0.1, 0.15) is 30.1 Å². The molecular weight excluding hydrogens is 458 g/mol. The Morgan fingerprint density at radius 2 is 1.81 bits per heavy atom. The van der Waals surface area contributed by atoms with Gasteiger partial charge in [0.05, 0.1) is 19.2 Å². The normalized spacial score (nSPS) is 15.3. The number of aliphatic hydroxyl groups excluding tert-OH is 1. The second kappa shape index (κ2) is 12.6. The number of aryl methyl sites for hydroxylation is 1. The number of carbonyl (C=O) groups is 2. The molecule has 1 aliphatic heterocycles. The zero-order valence-corrected chi connectivity index (χ0v) is 20.0. The fourth-order valence-electron chi connectivity index (χ4n) is 4.04. The number of unbranched alkanes of at least 4 members (excludes halogenated alkanes) is 1. The number of fused-ring (bicyclic) bond motifs is 1. The highest BCUT2D eigenvalue weighted by Crippen LogP contribution is 2.24. The van der Waals surface area contributed by atoms with Gasteiger partial charge in [-0.15, -0.1) is 0 Å². The van der Waals surface area contributed by atoms with Crippen molar-refractivity contribution in [2.45, 2.75) is 45.1 Å². The SMILES string of the molecule is O=C(NCc1ccccc1)C(CCCCn1cnc2c1NC=NCC2O)C(=O)OCc1ccccc1. The Morgan fingerprint density at radius 3 is 2.56 bits per heavy atom. The highest BCUT2D eigenvalue weighted by atomic mass is 16.5. The van der Waals surface area contributed by atoms with Crippen molar-refractivity contribution in [3.8, 4) is 0 Å². The Balaban J connectivity index is 1.34.